The fourth-order valence-electron chi connectivity index (χ4n) is 4.09. The van der Waals surface area contributed by atoms with Crippen LogP contribution in [-0.4, -0.2) is 40.4 Å². The second kappa shape index (κ2) is 7.93. The van der Waals surface area contributed by atoms with E-state index >= 15 is 0 Å². The maximum atomic E-state index is 12.1. The Morgan fingerprint density at radius 2 is 1.74 bits per heavy atom. The first-order valence-electron chi connectivity index (χ1n) is 8.75. The van der Waals surface area contributed by atoms with Gasteiger partial charge in [0.2, 0.25) is 0 Å². The van der Waals surface area contributed by atoms with Crippen LogP contribution in [0, 0.1) is 5.41 Å². The van der Waals surface area contributed by atoms with Crippen LogP contribution in [0.3, 0.4) is 0 Å². The van der Waals surface area contributed by atoms with E-state index in [9.17, 15) is 15.0 Å². The number of aliphatic hydroxyl groups is 1. The molecule has 2 atom stereocenters. The molecule has 1 fully saturated rings. The van der Waals surface area contributed by atoms with Gasteiger partial charge in [-0.2, -0.15) is 0 Å². The van der Waals surface area contributed by atoms with Gasteiger partial charge in [0.1, 0.15) is 6.23 Å². The smallest absolute Gasteiger partial charge is 0.310 e. The van der Waals surface area contributed by atoms with Crippen LogP contribution in [0.4, 0.5) is 0 Å². The molecule has 2 unspecified atom stereocenters. The number of carboxylic acids is 1. The minimum absolute atomic E-state index is 0.153. The summed E-state index contributed by atoms with van der Waals surface area (Å²) in [5.41, 5.74) is 0.290. The third-order valence-electron chi connectivity index (χ3n) is 5.47. The van der Waals surface area contributed by atoms with Crippen LogP contribution >= 0.6 is 0 Å². The molecule has 0 amide bonds. The van der Waals surface area contributed by atoms with Gasteiger partial charge in [-0.15, -0.1) is 0 Å². The van der Waals surface area contributed by atoms with E-state index in [1.54, 1.807) is 0 Å². The molecule has 0 radical (unpaired) electrons. The quantitative estimate of drug-likeness (QED) is 0.720. The summed E-state index contributed by atoms with van der Waals surface area (Å²) in [4.78, 5) is 14.1. The van der Waals surface area contributed by atoms with Crippen LogP contribution in [0.5, 0.6) is 0 Å². The van der Waals surface area contributed by atoms with E-state index in [2.05, 4.69) is 0 Å². The van der Waals surface area contributed by atoms with E-state index < -0.39 is 17.6 Å². The molecule has 2 N–H and O–H groups in total. The Hall–Kier alpha value is -1.39. The summed E-state index contributed by atoms with van der Waals surface area (Å²) in [6.45, 7) is 5.57. The van der Waals surface area contributed by atoms with E-state index in [4.69, 9.17) is 0 Å². The topological polar surface area (TPSA) is 60.8 Å². The molecule has 1 aromatic rings. The monoisotopic (exact) mass is 319 g/mol. The van der Waals surface area contributed by atoms with Crippen molar-refractivity contribution >= 4 is 5.97 Å². The Labute approximate surface area is 139 Å². The van der Waals surface area contributed by atoms with Crippen LogP contribution in [0.15, 0.2) is 30.3 Å². The van der Waals surface area contributed by atoms with E-state index in [-0.39, 0.29) is 5.92 Å². The molecule has 0 spiro atoms. The van der Waals surface area contributed by atoms with Crippen molar-refractivity contribution in [3.63, 3.8) is 0 Å². The zero-order valence-corrected chi connectivity index (χ0v) is 14.2. The summed E-state index contributed by atoms with van der Waals surface area (Å²) in [6.07, 6.45) is 3.18. The maximum Gasteiger partial charge on any atom is 0.310 e. The van der Waals surface area contributed by atoms with Crippen molar-refractivity contribution in [3.8, 4) is 0 Å². The summed E-state index contributed by atoms with van der Waals surface area (Å²) < 4.78 is 0. The highest BCUT2D eigenvalue weighted by Gasteiger charge is 2.49. The number of carbonyl (C=O) groups is 1. The summed E-state index contributed by atoms with van der Waals surface area (Å²) in [6, 6.07) is 9.86. The Morgan fingerprint density at radius 3 is 2.22 bits per heavy atom. The standard InChI is InChI=1S/C19H29NO3/c1-3-20(4-2)17(21)14-16(15-10-6-5-7-11-15)19(18(22)23)12-8-9-13-19/h5-7,10-11,16-17,21H,3-4,8-9,12-14H2,1-2H3,(H,22,23). The molecule has 1 aliphatic carbocycles. The first kappa shape index (κ1) is 18.0. The zero-order valence-electron chi connectivity index (χ0n) is 14.2. The van der Waals surface area contributed by atoms with Crippen molar-refractivity contribution < 1.29 is 15.0 Å². The Kier molecular flexibility index (Phi) is 6.19. The minimum atomic E-state index is -0.741. The molecule has 1 aliphatic rings. The maximum absolute atomic E-state index is 12.1. The zero-order chi connectivity index (χ0) is 16.9. The van der Waals surface area contributed by atoms with Gasteiger partial charge < -0.3 is 10.2 Å². The molecule has 0 bridgehead atoms. The average Bonchev–Trinajstić information content (AvgIpc) is 3.05. The van der Waals surface area contributed by atoms with Crippen molar-refractivity contribution in [1.29, 1.82) is 0 Å². The molecule has 1 aromatic carbocycles. The lowest BCUT2D eigenvalue weighted by atomic mass is 9.69. The first-order chi connectivity index (χ1) is 11.0. The van der Waals surface area contributed by atoms with Gasteiger partial charge in [0, 0.05) is 5.92 Å². The van der Waals surface area contributed by atoms with Gasteiger partial charge in [-0.3, -0.25) is 9.69 Å². The molecule has 0 saturated heterocycles. The van der Waals surface area contributed by atoms with E-state index in [1.165, 1.54) is 0 Å². The van der Waals surface area contributed by atoms with Crippen molar-refractivity contribution in [2.24, 2.45) is 5.41 Å². The van der Waals surface area contributed by atoms with E-state index in [0.29, 0.717) is 19.3 Å². The third-order valence-corrected chi connectivity index (χ3v) is 5.47. The average molecular weight is 319 g/mol. The highest BCUT2D eigenvalue weighted by atomic mass is 16.4. The summed E-state index contributed by atoms with van der Waals surface area (Å²) >= 11 is 0. The number of carboxylic acid groups (broad SMARTS) is 1. The summed E-state index contributed by atoms with van der Waals surface area (Å²) in [5.74, 6) is -0.866. The lowest BCUT2D eigenvalue weighted by Gasteiger charge is -2.37. The van der Waals surface area contributed by atoms with Gasteiger partial charge in [-0.1, -0.05) is 57.0 Å². The molecule has 4 nitrogen and oxygen atoms in total. The summed E-state index contributed by atoms with van der Waals surface area (Å²) in [7, 11) is 0. The molecular formula is C19H29NO3. The van der Waals surface area contributed by atoms with Crippen LogP contribution < -0.4 is 0 Å². The number of benzene rings is 1. The third kappa shape index (κ3) is 3.75. The molecule has 1 saturated carbocycles. The van der Waals surface area contributed by atoms with Crippen LogP contribution in [0.1, 0.15) is 57.4 Å². The lowest BCUT2D eigenvalue weighted by Crippen LogP contribution is -2.41. The van der Waals surface area contributed by atoms with Crippen molar-refractivity contribution in [2.75, 3.05) is 13.1 Å². The molecule has 0 heterocycles. The second-order valence-corrected chi connectivity index (χ2v) is 6.57. The fraction of sp³-hybridized carbons (Fsp3) is 0.632. The van der Waals surface area contributed by atoms with Gasteiger partial charge in [-0.05, 0) is 37.9 Å². The number of aliphatic carboxylic acids is 1. The van der Waals surface area contributed by atoms with Crippen LogP contribution in [0.25, 0.3) is 0 Å². The van der Waals surface area contributed by atoms with Crippen LogP contribution in [-0.2, 0) is 4.79 Å². The van der Waals surface area contributed by atoms with Gasteiger partial charge in [0.25, 0.3) is 0 Å². The largest absolute Gasteiger partial charge is 0.481 e. The fourth-order valence-corrected chi connectivity index (χ4v) is 4.09. The van der Waals surface area contributed by atoms with E-state index in [1.807, 2.05) is 49.1 Å². The SMILES string of the molecule is CCN(CC)C(O)CC(c1ccccc1)C1(C(=O)O)CCCC1. The number of hydrogen-bond acceptors (Lipinski definition) is 3. The van der Waals surface area contributed by atoms with Gasteiger partial charge in [0.15, 0.2) is 0 Å². The molecule has 0 aliphatic heterocycles. The molecule has 0 aromatic heterocycles. The van der Waals surface area contributed by atoms with Gasteiger partial charge in [0.05, 0.1) is 5.41 Å². The predicted octanol–water partition coefficient (Wildman–Crippen LogP) is 3.47. The van der Waals surface area contributed by atoms with E-state index in [0.717, 1.165) is 31.5 Å². The lowest BCUT2D eigenvalue weighted by molar-refractivity contribution is -0.151. The Bertz CT molecular complexity index is 493. The Balaban J connectivity index is 2.34. The summed E-state index contributed by atoms with van der Waals surface area (Å²) in [5, 5.41) is 20.6. The highest BCUT2D eigenvalue weighted by molar-refractivity contribution is 5.76. The number of hydrogen-bond donors (Lipinski definition) is 2. The number of rotatable bonds is 8. The molecular weight excluding hydrogens is 290 g/mol. The number of aliphatic hydroxyl groups excluding tert-OH is 1. The predicted molar refractivity (Wildman–Crippen MR) is 91.3 cm³/mol. The van der Waals surface area contributed by atoms with Gasteiger partial charge in [-0.25, -0.2) is 0 Å². The van der Waals surface area contributed by atoms with Crippen molar-refractivity contribution in [1.82, 2.24) is 4.90 Å². The molecule has 23 heavy (non-hydrogen) atoms. The van der Waals surface area contributed by atoms with Crippen molar-refractivity contribution in [3.05, 3.63) is 35.9 Å². The van der Waals surface area contributed by atoms with Crippen LogP contribution in [0.2, 0.25) is 0 Å². The molecule has 128 valence electrons. The highest BCUT2D eigenvalue weighted by Crippen LogP contribution is 2.51. The second-order valence-electron chi connectivity index (χ2n) is 6.57. The Morgan fingerprint density at radius 1 is 1.17 bits per heavy atom. The number of nitrogens with zero attached hydrogens (tertiary/aromatic N) is 1. The van der Waals surface area contributed by atoms with Crippen molar-refractivity contribution in [2.45, 2.75) is 58.1 Å². The molecule has 2 rings (SSSR count). The van der Waals surface area contributed by atoms with Gasteiger partial charge >= 0.3 is 5.97 Å². The molecule has 4 heteroatoms. The first-order valence-corrected chi connectivity index (χ1v) is 8.75. The minimum Gasteiger partial charge on any atom is -0.481 e. The normalized spacial score (nSPS) is 19.7.